The Hall–Kier alpha value is -0.590. The Morgan fingerprint density at radius 3 is 2.78 bits per heavy atom. The van der Waals surface area contributed by atoms with Gasteiger partial charge in [-0.1, -0.05) is 32.3 Å². The molecule has 4 rings (SSSR count). The van der Waals surface area contributed by atoms with E-state index in [1.807, 2.05) is 6.08 Å². The van der Waals surface area contributed by atoms with Crippen LogP contribution in [0.15, 0.2) is 11.6 Å². The molecule has 4 aliphatic rings. The summed E-state index contributed by atoms with van der Waals surface area (Å²) >= 11 is 0. The Bertz CT molecular complexity index is 504. The van der Waals surface area contributed by atoms with Gasteiger partial charge in [-0.05, 0) is 92.4 Å². The molecular weight excluding hydrogens is 280 g/mol. The summed E-state index contributed by atoms with van der Waals surface area (Å²) in [5, 5.41) is 0. The van der Waals surface area contributed by atoms with Crippen LogP contribution in [0.25, 0.3) is 0 Å². The number of rotatable bonds is 3. The average molecular weight is 315 g/mol. The minimum atomic E-state index is 0.399. The van der Waals surface area contributed by atoms with Gasteiger partial charge in [-0.15, -0.1) is 0 Å². The van der Waals surface area contributed by atoms with E-state index in [1.54, 1.807) is 0 Å². The summed E-state index contributed by atoms with van der Waals surface area (Å²) in [5.74, 6) is 5.03. The van der Waals surface area contributed by atoms with Crippen LogP contribution in [0.2, 0.25) is 0 Å². The standard InChI is InChI=1S/C22H34O/c1-3-4-5-16-7-11-21-20-9-6-15-14-17(23)8-10-18(15)19(20)12-13-22(16,21)2/h14,16,18-21H,3-13H2,1-2H3. The molecule has 1 heteroatoms. The van der Waals surface area contributed by atoms with Crippen molar-refractivity contribution in [3.8, 4) is 0 Å². The number of ketones is 1. The lowest BCUT2D eigenvalue weighted by Gasteiger charge is -2.54. The van der Waals surface area contributed by atoms with Crippen LogP contribution in [-0.2, 0) is 4.79 Å². The first kappa shape index (κ1) is 15.9. The molecule has 0 aliphatic heterocycles. The highest BCUT2D eigenvalue weighted by atomic mass is 16.1. The van der Waals surface area contributed by atoms with Gasteiger partial charge in [0.25, 0.3) is 0 Å². The van der Waals surface area contributed by atoms with Gasteiger partial charge in [-0.2, -0.15) is 0 Å². The van der Waals surface area contributed by atoms with Crippen molar-refractivity contribution in [2.45, 2.75) is 84.5 Å². The number of unbranched alkanes of at least 4 members (excludes halogenated alkanes) is 1. The first-order valence-corrected chi connectivity index (χ1v) is 10.4. The van der Waals surface area contributed by atoms with E-state index in [9.17, 15) is 4.79 Å². The van der Waals surface area contributed by atoms with E-state index in [4.69, 9.17) is 0 Å². The van der Waals surface area contributed by atoms with Crippen molar-refractivity contribution in [3.63, 3.8) is 0 Å². The van der Waals surface area contributed by atoms with E-state index in [0.29, 0.717) is 11.2 Å². The molecule has 6 atom stereocenters. The largest absolute Gasteiger partial charge is 0.295 e. The zero-order valence-electron chi connectivity index (χ0n) is 15.2. The van der Waals surface area contributed by atoms with Gasteiger partial charge in [0.1, 0.15) is 0 Å². The molecule has 0 spiro atoms. The highest BCUT2D eigenvalue weighted by Gasteiger charge is 2.55. The summed E-state index contributed by atoms with van der Waals surface area (Å²) in [5.41, 5.74) is 2.17. The Morgan fingerprint density at radius 1 is 1.09 bits per heavy atom. The molecule has 3 fully saturated rings. The minimum Gasteiger partial charge on any atom is -0.295 e. The highest BCUT2D eigenvalue weighted by molar-refractivity contribution is 5.91. The molecule has 23 heavy (non-hydrogen) atoms. The van der Waals surface area contributed by atoms with E-state index in [2.05, 4.69) is 13.8 Å². The van der Waals surface area contributed by atoms with E-state index < -0.39 is 0 Å². The maximum Gasteiger partial charge on any atom is 0.155 e. The number of hydrogen-bond acceptors (Lipinski definition) is 1. The van der Waals surface area contributed by atoms with Crippen molar-refractivity contribution in [2.24, 2.45) is 35.0 Å². The van der Waals surface area contributed by atoms with Gasteiger partial charge in [0, 0.05) is 6.42 Å². The summed E-state index contributed by atoms with van der Waals surface area (Å²) in [6.45, 7) is 4.99. The zero-order chi connectivity index (χ0) is 16.0. The molecule has 0 amide bonds. The third-order valence-corrected chi connectivity index (χ3v) is 8.40. The molecule has 0 aromatic rings. The molecule has 0 radical (unpaired) electrons. The first-order chi connectivity index (χ1) is 11.1. The molecule has 6 unspecified atom stereocenters. The quantitative estimate of drug-likeness (QED) is 0.630. The van der Waals surface area contributed by atoms with Crippen molar-refractivity contribution in [3.05, 3.63) is 11.6 Å². The molecular formula is C22H34O. The molecule has 0 aromatic carbocycles. The van der Waals surface area contributed by atoms with Gasteiger partial charge in [0.15, 0.2) is 5.78 Å². The Labute approximate surface area is 142 Å². The second kappa shape index (κ2) is 6.05. The zero-order valence-corrected chi connectivity index (χ0v) is 15.2. The van der Waals surface area contributed by atoms with Crippen molar-refractivity contribution < 1.29 is 4.79 Å². The topological polar surface area (TPSA) is 17.1 Å². The Balaban J connectivity index is 1.54. The van der Waals surface area contributed by atoms with Gasteiger partial charge in [0.2, 0.25) is 0 Å². The average Bonchev–Trinajstić information content (AvgIpc) is 2.89. The van der Waals surface area contributed by atoms with Crippen molar-refractivity contribution in [1.82, 2.24) is 0 Å². The smallest absolute Gasteiger partial charge is 0.155 e. The Kier molecular flexibility index (Phi) is 4.18. The third-order valence-electron chi connectivity index (χ3n) is 8.40. The summed E-state index contributed by atoms with van der Waals surface area (Å²) in [4.78, 5) is 11.8. The third kappa shape index (κ3) is 2.53. The van der Waals surface area contributed by atoms with Crippen LogP contribution in [0.1, 0.15) is 84.5 Å². The lowest BCUT2D eigenvalue weighted by atomic mass is 9.51. The maximum absolute atomic E-state index is 11.8. The summed E-state index contributed by atoms with van der Waals surface area (Å²) < 4.78 is 0. The monoisotopic (exact) mass is 314 g/mol. The van der Waals surface area contributed by atoms with E-state index >= 15 is 0 Å². The molecule has 0 bridgehead atoms. The lowest BCUT2D eigenvalue weighted by molar-refractivity contribution is -0.116. The number of fused-ring (bicyclic) bond motifs is 5. The van der Waals surface area contributed by atoms with Crippen LogP contribution in [0, 0.1) is 35.0 Å². The van der Waals surface area contributed by atoms with Crippen molar-refractivity contribution in [2.75, 3.05) is 0 Å². The second-order valence-electron chi connectivity index (χ2n) is 9.26. The summed E-state index contributed by atoms with van der Waals surface area (Å²) in [6, 6.07) is 0. The van der Waals surface area contributed by atoms with Gasteiger partial charge < -0.3 is 0 Å². The van der Waals surface area contributed by atoms with Crippen LogP contribution >= 0.6 is 0 Å². The molecule has 0 N–H and O–H groups in total. The van der Waals surface area contributed by atoms with Gasteiger partial charge in [-0.25, -0.2) is 0 Å². The van der Waals surface area contributed by atoms with Crippen molar-refractivity contribution >= 4 is 5.78 Å². The normalized spacial score (nSPS) is 45.9. The van der Waals surface area contributed by atoms with Crippen LogP contribution in [0.5, 0.6) is 0 Å². The highest BCUT2D eigenvalue weighted by Crippen LogP contribution is 2.64. The maximum atomic E-state index is 11.8. The summed E-state index contributed by atoms with van der Waals surface area (Å²) in [7, 11) is 0. The molecule has 0 heterocycles. The predicted octanol–water partition coefficient (Wildman–Crippen LogP) is 5.93. The van der Waals surface area contributed by atoms with Crippen LogP contribution in [-0.4, -0.2) is 5.78 Å². The first-order valence-electron chi connectivity index (χ1n) is 10.4. The van der Waals surface area contributed by atoms with E-state index in [1.165, 1.54) is 63.4 Å². The van der Waals surface area contributed by atoms with Gasteiger partial charge in [-0.3, -0.25) is 4.79 Å². The van der Waals surface area contributed by atoms with E-state index in [0.717, 1.165) is 42.4 Å². The predicted molar refractivity (Wildman–Crippen MR) is 95.1 cm³/mol. The number of carbonyl (C=O) groups is 1. The Morgan fingerprint density at radius 2 is 1.96 bits per heavy atom. The van der Waals surface area contributed by atoms with Crippen molar-refractivity contribution in [1.29, 1.82) is 0 Å². The summed E-state index contributed by atoms with van der Waals surface area (Å²) in [6.07, 6.45) is 16.8. The van der Waals surface area contributed by atoms with Crippen LogP contribution < -0.4 is 0 Å². The molecule has 0 aromatic heterocycles. The van der Waals surface area contributed by atoms with Crippen LogP contribution in [0.4, 0.5) is 0 Å². The SMILES string of the molecule is CCCCC1CCC2C3CCC4=CC(=O)CCC4C3CCC12C. The van der Waals surface area contributed by atoms with Gasteiger partial charge in [0.05, 0.1) is 0 Å². The van der Waals surface area contributed by atoms with Crippen LogP contribution in [0.3, 0.4) is 0 Å². The number of allylic oxidation sites excluding steroid dienone is 1. The minimum absolute atomic E-state index is 0.399. The fourth-order valence-electron chi connectivity index (χ4n) is 7.21. The molecule has 1 nitrogen and oxygen atoms in total. The second-order valence-corrected chi connectivity index (χ2v) is 9.26. The lowest BCUT2D eigenvalue weighted by Crippen LogP contribution is -2.46. The fraction of sp³-hybridized carbons (Fsp3) is 0.864. The molecule has 3 saturated carbocycles. The number of carbonyl (C=O) groups excluding carboxylic acids is 1. The van der Waals surface area contributed by atoms with E-state index in [-0.39, 0.29) is 0 Å². The molecule has 128 valence electrons. The fourth-order valence-corrected chi connectivity index (χ4v) is 7.21. The van der Waals surface area contributed by atoms with Gasteiger partial charge >= 0.3 is 0 Å². The molecule has 4 aliphatic carbocycles. The number of hydrogen-bond donors (Lipinski definition) is 0. The molecule has 0 saturated heterocycles.